The van der Waals surface area contributed by atoms with Crippen LogP contribution in [0.1, 0.15) is 25.7 Å². The molecule has 0 radical (unpaired) electrons. The van der Waals surface area contributed by atoms with Gasteiger partial charge in [0, 0.05) is 12.1 Å². The summed E-state index contributed by atoms with van der Waals surface area (Å²) in [6.45, 7) is -0.332. The number of hydrogen-bond donors (Lipinski definition) is 2. The summed E-state index contributed by atoms with van der Waals surface area (Å²) in [6, 6.07) is 5.11. The van der Waals surface area contributed by atoms with E-state index >= 15 is 0 Å². The molecule has 1 aromatic rings. The normalized spacial score (nSPS) is 14.8. The zero-order valence-corrected chi connectivity index (χ0v) is 11.0. The van der Waals surface area contributed by atoms with Crippen molar-refractivity contribution in [1.29, 1.82) is 0 Å². The molecule has 0 atom stereocenters. The molecule has 0 bridgehead atoms. The molecular weight excluding hydrogens is 263 g/mol. The van der Waals surface area contributed by atoms with E-state index in [2.05, 4.69) is 10.6 Å². The van der Waals surface area contributed by atoms with Gasteiger partial charge in [-0.05, 0) is 25.0 Å². The van der Waals surface area contributed by atoms with Crippen LogP contribution in [-0.2, 0) is 4.79 Å². The second-order valence-corrected chi connectivity index (χ2v) is 4.75. The van der Waals surface area contributed by atoms with Crippen molar-refractivity contribution in [2.75, 3.05) is 6.61 Å². The fourth-order valence-electron chi connectivity index (χ4n) is 2.16. The van der Waals surface area contributed by atoms with E-state index in [0.717, 1.165) is 25.7 Å². The lowest BCUT2D eigenvalue weighted by Crippen LogP contribution is -2.45. The fraction of sp³-hybridized carbons (Fsp3) is 0.429. The quantitative estimate of drug-likeness (QED) is 0.886. The van der Waals surface area contributed by atoms with Crippen LogP contribution < -0.4 is 15.4 Å². The van der Waals surface area contributed by atoms with Crippen molar-refractivity contribution in [2.24, 2.45) is 0 Å². The number of urea groups is 1. The predicted molar refractivity (Wildman–Crippen MR) is 70.8 cm³/mol. The van der Waals surface area contributed by atoms with E-state index in [-0.39, 0.29) is 18.4 Å². The summed E-state index contributed by atoms with van der Waals surface area (Å²) >= 11 is 0. The highest BCUT2D eigenvalue weighted by molar-refractivity contribution is 5.95. The first kappa shape index (κ1) is 14.3. The van der Waals surface area contributed by atoms with E-state index in [9.17, 15) is 14.0 Å². The Bertz CT molecular complexity index is 487. The Morgan fingerprint density at radius 1 is 1.30 bits per heavy atom. The van der Waals surface area contributed by atoms with Crippen molar-refractivity contribution in [3.63, 3.8) is 0 Å². The number of ether oxygens (including phenoxy) is 1. The second kappa shape index (κ2) is 6.88. The molecule has 6 heteroatoms. The van der Waals surface area contributed by atoms with Gasteiger partial charge in [0.2, 0.25) is 0 Å². The molecular formula is C14H17FN2O3. The Morgan fingerprint density at radius 2 is 2.05 bits per heavy atom. The Hall–Kier alpha value is -2.11. The van der Waals surface area contributed by atoms with Gasteiger partial charge in [0.25, 0.3) is 5.91 Å². The standard InChI is InChI=1S/C14H17FN2O3/c15-10-4-3-7-12(8-10)20-9-13(18)17-14(19)16-11-5-1-2-6-11/h3-4,7-8,11H,1-2,5-6,9H2,(H2,16,17,18,19). The number of hydrogen-bond acceptors (Lipinski definition) is 3. The molecule has 1 fully saturated rings. The van der Waals surface area contributed by atoms with E-state index in [1.54, 1.807) is 0 Å². The minimum atomic E-state index is -0.565. The number of carbonyl (C=O) groups excluding carboxylic acids is 2. The molecule has 2 N–H and O–H groups in total. The fourth-order valence-corrected chi connectivity index (χ4v) is 2.16. The van der Waals surface area contributed by atoms with E-state index in [1.807, 2.05) is 0 Å². The van der Waals surface area contributed by atoms with Crippen molar-refractivity contribution in [3.05, 3.63) is 30.1 Å². The molecule has 0 aliphatic heterocycles. The maximum absolute atomic E-state index is 12.9. The van der Waals surface area contributed by atoms with Gasteiger partial charge in [-0.25, -0.2) is 9.18 Å². The lowest BCUT2D eigenvalue weighted by atomic mass is 10.2. The number of rotatable bonds is 4. The molecule has 1 saturated carbocycles. The van der Waals surface area contributed by atoms with Gasteiger partial charge < -0.3 is 10.1 Å². The van der Waals surface area contributed by atoms with Crippen LogP contribution in [0.4, 0.5) is 9.18 Å². The minimum Gasteiger partial charge on any atom is -0.484 e. The summed E-state index contributed by atoms with van der Waals surface area (Å²) in [4.78, 5) is 23.0. The Balaban J connectivity index is 1.70. The average molecular weight is 280 g/mol. The molecule has 0 unspecified atom stereocenters. The van der Waals surface area contributed by atoms with Crippen LogP contribution in [0.15, 0.2) is 24.3 Å². The summed E-state index contributed by atoms with van der Waals surface area (Å²) in [7, 11) is 0. The second-order valence-electron chi connectivity index (χ2n) is 4.75. The molecule has 1 aliphatic rings. The smallest absolute Gasteiger partial charge is 0.321 e. The summed E-state index contributed by atoms with van der Waals surface area (Å²) in [5.74, 6) is -0.761. The van der Waals surface area contributed by atoms with Crippen LogP contribution >= 0.6 is 0 Å². The highest BCUT2D eigenvalue weighted by Gasteiger charge is 2.18. The van der Waals surface area contributed by atoms with Gasteiger partial charge in [0.1, 0.15) is 11.6 Å². The number of carbonyl (C=O) groups is 2. The third-order valence-corrected chi connectivity index (χ3v) is 3.11. The number of amides is 3. The molecule has 1 aromatic carbocycles. The van der Waals surface area contributed by atoms with Gasteiger partial charge in [-0.15, -0.1) is 0 Å². The van der Waals surface area contributed by atoms with E-state index in [1.165, 1.54) is 24.3 Å². The number of imide groups is 1. The Labute approximate surface area is 116 Å². The van der Waals surface area contributed by atoms with Gasteiger partial charge in [-0.1, -0.05) is 18.9 Å². The van der Waals surface area contributed by atoms with E-state index in [0.29, 0.717) is 0 Å². The third-order valence-electron chi connectivity index (χ3n) is 3.11. The SMILES string of the molecule is O=C(COc1cccc(F)c1)NC(=O)NC1CCCC1. The molecule has 0 heterocycles. The van der Waals surface area contributed by atoms with E-state index in [4.69, 9.17) is 4.74 Å². The van der Waals surface area contributed by atoms with Crippen LogP contribution in [0.3, 0.4) is 0 Å². The zero-order chi connectivity index (χ0) is 14.4. The maximum Gasteiger partial charge on any atom is 0.321 e. The number of nitrogens with one attached hydrogen (secondary N) is 2. The number of halogens is 1. The minimum absolute atomic E-state index is 0.145. The largest absolute Gasteiger partial charge is 0.484 e. The number of benzene rings is 1. The van der Waals surface area contributed by atoms with Gasteiger partial charge in [-0.3, -0.25) is 10.1 Å². The first-order chi connectivity index (χ1) is 9.63. The van der Waals surface area contributed by atoms with Crippen molar-refractivity contribution >= 4 is 11.9 Å². The van der Waals surface area contributed by atoms with Crippen LogP contribution in [0.2, 0.25) is 0 Å². The van der Waals surface area contributed by atoms with Crippen LogP contribution in [0.25, 0.3) is 0 Å². The van der Waals surface area contributed by atoms with E-state index < -0.39 is 17.8 Å². The van der Waals surface area contributed by atoms with Gasteiger partial charge in [-0.2, -0.15) is 0 Å². The topological polar surface area (TPSA) is 67.4 Å². The van der Waals surface area contributed by atoms with Gasteiger partial charge in [0.05, 0.1) is 0 Å². The third kappa shape index (κ3) is 4.53. The molecule has 108 valence electrons. The molecule has 5 nitrogen and oxygen atoms in total. The average Bonchev–Trinajstić information content (AvgIpc) is 2.89. The van der Waals surface area contributed by atoms with Crippen molar-refractivity contribution in [2.45, 2.75) is 31.7 Å². The Kier molecular flexibility index (Phi) is 4.92. The maximum atomic E-state index is 12.9. The molecule has 2 rings (SSSR count). The van der Waals surface area contributed by atoms with Gasteiger partial charge >= 0.3 is 6.03 Å². The van der Waals surface area contributed by atoms with Crippen LogP contribution in [-0.4, -0.2) is 24.6 Å². The molecule has 0 saturated heterocycles. The zero-order valence-electron chi connectivity index (χ0n) is 11.0. The summed E-state index contributed by atoms with van der Waals surface area (Å²) in [5, 5.41) is 4.91. The summed E-state index contributed by atoms with van der Waals surface area (Å²) < 4.78 is 18.0. The predicted octanol–water partition coefficient (Wildman–Crippen LogP) is 1.97. The molecule has 3 amide bonds. The van der Waals surface area contributed by atoms with Crippen LogP contribution in [0.5, 0.6) is 5.75 Å². The highest BCUT2D eigenvalue weighted by atomic mass is 19.1. The molecule has 1 aliphatic carbocycles. The van der Waals surface area contributed by atoms with Crippen LogP contribution in [0, 0.1) is 5.82 Å². The molecule has 20 heavy (non-hydrogen) atoms. The van der Waals surface area contributed by atoms with Crippen molar-refractivity contribution in [1.82, 2.24) is 10.6 Å². The lowest BCUT2D eigenvalue weighted by Gasteiger charge is -2.12. The first-order valence-corrected chi connectivity index (χ1v) is 6.62. The lowest BCUT2D eigenvalue weighted by molar-refractivity contribution is -0.122. The Morgan fingerprint density at radius 3 is 2.75 bits per heavy atom. The monoisotopic (exact) mass is 280 g/mol. The van der Waals surface area contributed by atoms with Gasteiger partial charge in [0.15, 0.2) is 6.61 Å². The highest BCUT2D eigenvalue weighted by Crippen LogP contribution is 2.17. The van der Waals surface area contributed by atoms with Crippen molar-refractivity contribution in [3.8, 4) is 5.75 Å². The summed E-state index contributed by atoms with van der Waals surface area (Å²) in [6.07, 6.45) is 4.09. The van der Waals surface area contributed by atoms with Crippen molar-refractivity contribution < 1.29 is 18.7 Å². The molecule has 0 aromatic heterocycles. The summed E-state index contributed by atoms with van der Waals surface area (Å²) in [5.41, 5.74) is 0. The first-order valence-electron chi connectivity index (χ1n) is 6.62. The molecule has 0 spiro atoms.